The number of hydrogen-bond donors (Lipinski definition) is 1. The van der Waals surface area contributed by atoms with Crippen LogP contribution in [0.5, 0.6) is 0 Å². The van der Waals surface area contributed by atoms with Crippen molar-refractivity contribution in [3.63, 3.8) is 0 Å². The summed E-state index contributed by atoms with van der Waals surface area (Å²) in [5, 5.41) is 9.33. The maximum atomic E-state index is 9.33. The third-order valence-electron chi connectivity index (χ3n) is 2.77. The van der Waals surface area contributed by atoms with Crippen LogP contribution >= 0.6 is 0 Å². The molecular weight excluding hydrogens is 176 g/mol. The largest absolute Gasteiger partial charge is 0.394 e. The van der Waals surface area contributed by atoms with Crippen molar-refractivity contribution in [1.29, 1.82) is 0 Å². The number of imidazole rings is 1. The van der Waals surface area contributed by atoms with Gasteiger partial charge in [0.05, 0.1) is 30.9 Å². The van der Waals surface area contributed by atoms with Gasteiger partial charge < -0.3 is 9.67 Å². The zero-order valence-corrected chi connectivity index (χ0v) is 7.59. The monoisotopic (exact) mass is 186 g/mol. The van der Waals surface area contributed by atoms with Gasteiger partial charge in [-0.3, -0.25) is 0 Å². The molecular formula is C11H10N2O. The molecule has 0 amide bonds. The molecule has 0 bridgehead atoms. The predicted octanol–water partition coefficient (Wildman–Crippen LogP) is 1.45. The van der Waals surface area contributed by atoms with Gasteiger partial charge in [-0.1, -0.05) is 24.3 Å². The predicted molar refractivity (Wildman–Crippen MR) is 52.9 cm³/mol. The van der Waals surface area contributed by atoms with Crippen molar-refractivity contribution in [2.75, 3.05) is 6.61 Å². The number of nitrogens with zero attached hydrogens (tertiary/aromatic N) is 2. The van der Waals surface area contributed by atoms with Crippen LogP contribution in [-0.4, -0.2) is 21.3 Å². The molecule has 2 aromatic rings. The minimum Gasteiger partial charge on any atom is -0.394 e. The van der Waals surface area contributed by atoms with Crippen molar-refractivity contribution in [3.8, 4) is 11.3 Å². The Labute approximate surface area is 81.6 Å². The standard InChI is InChI=1S/C11H10N2O/c14-6-11-9-4-2-1-3-8(9)10-5-12-7-13(10)11/h1-5,7,11,14H,6H2. The van der Waals surface area contributed by atoms with E-state index in [1.54, 1.807) is 6.33 Å². The summed E-state index contributed by atoms with van der Waals surface area (Å²) < 4.78 is 2.02. The van der Waals surface area contributed by atoms with Crippen LogP contribution in [0.2, 0.25) is 0 Å². The van der Waals surface area contributed by atoms with Crippen LogP contribution in [0.1, 0.15) is 11.6 Å². The van der Waals surface area contributed by atoms with Crippen LogP contribution in [0.15, 0.2) is 36.8 Å². The highest BCUT2D eigenvalue weighted by Gasteiger charge is 2.26. The van der Waals surface area contributed by atoms with Crippen molar-refractivity contribution in [2.45, 2.75) is 6.04 Å². The molecule has 0 fully saturated rings. The number of rotatable bonds is 1. The normalized spacial score (nSPS) is 17.9. The first-order valence-corrected chi connectivity index (χ1v) is 4.64. The fraction of sp³-hybridized carbons (Fsp3) is 0.182. The fourth-order valence-electron chi connectivity index (χ4n) is 2.12. The molecule has 0 saturated heterocycles. The van der Waals surface area contributed by atoms with Gasteiger partial charge in [-0.15, -0.1) is 0 Å². The van der Waals surface area contributed by atoms with Gasteiger partial charge in [0, 0.05) is 5.56 Å². The summed E-state index contributed by atoms with van der Waals surface area (Å²) in [5.74, 6) is 0. The molecule has 3 heteroatoms. The summed E-state index contributed by atoms with van der Waals surface area (Å²) >= 11 is 0. The molecule has 14 heavy (non-hydrogen) atoms. The lowest BCUT2D eigenvalue weighted by Gasteiger charge is -2.10. The number of aliphatic hydroxyl groups is 1. The number of aliphatic hydroxyl groups excluding tert-OH is 1. The van der Waals surface area contributed by atoms with E-state index < -0.39 is 0 Å². The van der Waals surface area contributed by atoms with E-state index in [4.69, 9.17) is 0 Å². The third kappa shape index (κ3) is 0.822. The van der Waals surface area contributed by atoms with E-state index in [1.807, 2.05) is 22.9 Å². The van der Waals surface area contributed by atoms with Gasteiger partial charge in [0.1, 0.15) is 0 Å². The van der Waals surface area contributed by atoms with E-state index in [9.17, 15) is 5.11 Å². The highest BCUT2D eigenvalue weighted by Crippen LogP contribution is 2.38. The van der Waals surface area contributed by atoms with Crippen LogP contribution < -0.4 is 0 Å². The topological polar surface area (TPSA) is 38.1 Å². The van der Waals surface area contributed by atoms with Gasteiger partial charge in [0.2, 0.25) is 0 Å². The van der Waals surface area contributed by atoms with Crippen LogP contribution in [-0.2, 0) is 0 Å². The van der Waals surface area contributed by atoms with Crippen molar-refractivity contribution in [3.05, 3.63) is 42.4 Å². The zero-order valence-electron chi connectivity index (χ0n) is 7.59. The van der Waals surface area contributed by atoms with Crippen molar-refractivity contribution in [2.24, 2.45) is 0 Å². The number of benzene rings is 1. The van der Waals surface area contributed by atoms with E-state index >= 15 is 0 Å². The van der Waals surface area contributed by atoms with Gasteiger partial charge in [-0.05, 0) is 5.56 Å². The zero-order chi connectivity index (χ0) is 9.54. The van der Waals surface area contributed by atoms with Gasteiger partial charge in [0.15, 0.2) is 0 Å². The Balaban J connectivity index is 2.30. The first-order chi connectivity index (χ1) is 6.92. The highest BCUT2D eigenvalue weighted by atomic mass is 16.3. The van der Waals surface area contributed by atoms with E-state index in [2.05, 4.69) is 17.1 Å². The molecule has 2 heterocycles. The average molecular weight is 186 g/mol. The van der Waals surface area contributed by atoms with Crippen molar-refractivity contribution >= 4 is 0 Å². The second-order valence-electron chi connectivity index (χ2n) is 3.47. The average Bonchev–Trinajstić information content (AvgIpc) is 2.77. The first kappa shape index (κ1) is 7.76. The molecule has 0 saturated carbocycles. The Morgan fingerprint density at radius 1 is 1.36 bits per heavy atom. The molecule has 70 valence electrons. The maximum absolute atomic E-state index is 9.33. The summed E-state index contributed by atoms with van der Waals surface area (Å²) in [7, 11) is 0. The highest BCUT2D eigenvalue weighted by molar-refractivity contribution is 5.68. The summed E-state index contributed by atoms with van der Waals surface area (Å²) in [6, 6.07) is 8.18. The summed E-state index contributed by atoms with van der Waals surface area (Å²) in [6.45, 7) is 0.125. The second kappa shape index (κ2) is 2.69. The summed E-state index contributed by atoms with van der Waals surface area (Å²) in [6.07, 6.45) is 3.62. The van der Waals surface area contributed by atoms with Gasteiger partial charge >= 0.3 is 0 Å². The molecule has 1 aliphatic heterocycles. The SMILES string of the molecule is OCC1c2ccccc2-c2cncn21. The Morgan fingerprint density at radius 2 is 2.21 bits per heavy atom. The van der Waals surface area contributed by atoms with Crippen LogP contribution in [0.4, 0.5) is 0 Å². The molecule has 1 aromatic carbocycles. The molecule has 3 rings (SSSR count). The van der Waals surface area contributed by atoms with E-state index in [-0.39, 0.29) is 12.6 Å². The maximum Gasteiger partial charge on any atom is 0.0957 e. The Morgan fingerprint density at radius 3 is 3.07 bits per heavy atom. The molecule has 3 nitrogen and oxygen atoms in total. The lowest BCUT2D eigenvalue weighted by atomic mass is 10.0. The van der Waals surface area contributed by atoms with Gasteiger partial charge in [0.25, 0.3) is 0 Å². The lowest BCUT2D eigenvalue weighted by Crippen LogP contribution is -2.08. The number of hydrogen-bond acceptors (Lipinski definition) is 2. The Bertz CT molecular complexity index is 476. The minimum atomic E-state index is 0.0451. The number of fused-ring (bicyclic) bond motifs is 3. The fourth-order valence-corrected chi connectivity index (χ4v) is 2.12. The summed E-state index contributed by atoms with van der Waals surface area (Å²) in [4.78, 5) is 4.09. The lowest BCUT2D eigenvalue weighted by molar-refractivity contribution is 0.253. The third-order valence-corrected chi connectivity index (χ3v) is 2.77. The van der Waals surface area contributed by atoms with Crippen molar-refractivity contribution in [1.82, 2.24) is 9.55 Å². The minimum absolute atomic E-state index is 0.0451. The Hall–Kier alpha value is -1.61. The van der Waals surface area contributed by atoms with Crippen molar-refractivity contribution < 1.29 is 5.11 Å². The molecule has 1 aromatic heterocycles. The number of aromatic nitrogens is 2. The summed E-state index contributed by atoms with van der Waals surface area (Å²) in [5.41, 5.74) is 3.47. The second-order valence-corrected chi connectivity index (χ2v) is 3.47. The molecule has 0 aliphatic carbocycles. The molecule has 0 spiro atoms. The van der Waals surface area contributed by atoms with E-state index in [0.717, 1.165) is 5.69 Å². The molecule has 0 radical (unpaired) electrons. The van der Waals surface area contributed by atoms with Crippen LogP contribution in [0.3, 0.4) is 0 Å². The molecule has 1 aliphatic rings. The van der Waals surface area contributed by atoms with Crippen LogP contribution in [0, 0.1) is 0 Å². The smallest absolute Gasteiger partial charge is 0.0957 e. The quantitative estimate of drug-likeness (QED) is 0.731. The van der Waals surface area contributed by atoms with E-state index in [1.165, 1.54) is 11.1 Å². The molecule has 1 unspecified atom stereocenters. The Kier molecular flexibility index (Phi) is 1.49. The van der Waals surface area contributed by atoms with Crippen LogP contribution in [0.25, 0.3) is 11.3 Å². The van der Waals surface area contributed by atoms with E-state index in [0.29, 0.717) is 0 Å². The molecule has 1 N–H and O–H groups in total. The van der Waals surface area contributed by atoms with Gasteiger partial charge in [-0.25, -0.2) is 4.98 Å². The van der Waals surface area contributed by atoms with Gasteiger partial charge in [-0.2, -0.15) is 0 Å². The molecule has 1 atom stereocenters. The first-order valence-electron chi connectivity index (χ1n) is 4.64.